The van der Waals surface area contributed by atoms with Crippen LogP contribution in [0.15, 0.2) is 42.5 Å². The Morgan fingerprint density at radius 3 is 2.79 bits per heavy atom. The summed E-state index contributed by atoms with van der Waals surface area (Å²) in [6.45, 7) is 4.14. The maximum Gasteiger partial charge on any atom is 0.197 e. The van der Waals surface area contributed by atoms with Crippen molar-refractivity contribution in [3.63, 3.8) is 0 Å². The summed E-state index contributed by atoms with van der Waals surface area (Å²) < 4.78 is 19.8. The Morgan fingerprint density at radius 1 is 1.14 bits per heavy atom. The van der Waals surface area contributed by atoms with Crippen molar-refractivity contribution in [3.05, 3.63) is 42.5 Å². The van der Waals surface area contributed by atoms with Crippen LogP contribution in [0.5, 0.6) is 11.5 Å². The molecule has 0 unspecified atom stereocenters. The van der Waals surface area contributed by atoms with Gasteiger partial charge in [-0.2, -0.15) is 0 Å². The van der Waals surface area contributed by atoms with E-state index in [0.717, 1.165) is 56.7 Å². The van der Waals surface area contributed by atoms with Crippen LogP contribution in [-0.4, -0.2) is 43.4 Å². The fraction of sp³-hybridized carbons (Fsp3) is 0.318. The Labute approximate surface area is 174 Å². The molecule has 1 N–H and O–H groups in total. The Bertz CT molecular complexity index is 1120. The monoisotopic (exact) mass is 411 g/mol. The van der Waals surface area contributed by atoms with Crippen LogP contribution in [0, 0.1) is 0 Å². The lowest BCUT2D eigenvalue weighted by Crippen LogP contribution is -2.07. The van der Waals surface area contributed by atoms with Crippen molar-refractivity contribution in [3.8, 4) is 22.8 Å². The number of hydrogen-bond acceptors (Lipinski definition) is 6. The number of nitrogens with zero attached hydrogens (tertiary/aromatic N) is 2. The average Bonchev–Trinajstić information content (AvgIpc) is 3.27. The smallest absolute Gasteiger partial charge is 0.197 e. The molecule has 0 aliphatic rings. The van der Waals surface area contributed by atoms with E-state index < -0.39 is 0 Å². The number of methoxy groups -OCH3 is 2. The van der Waals surface area contributed by atoms with Gasteiger partial charge >= 0.3 is 0 Å². The van der Waals surface area contributed by atoms with Crippen molar-refractivity contribution in [1.82, 2.24) is 9.38 Å². The van der Waals surface area contributed by atoms with E-state index in [1.54, 1.807) is 25.6 Å². The minimum Gasteiger partial charge on any atom is -0.496 e. The van der Waals surface area contributed by atoms with Crippen LogP contribution in [0.3, 0.4) is 0 Å². The lowest BCUT2D eigenvalue weighted by molar-refractivity contribution is 0.198. The molecule has 2 aromatic carbocycles. The second-order valence-electron chi connectivity index (χ2n) is 6.57. The average molecular weight is 412 g/mol. The molecule has 0 saturated heterocycles. The fourth-order valence-electron chi connectivity index (χ4n) is 3.42. The molecule has 0 aliphatic carbocycles. The number of anilines is 1. The molecule has 152 valence electrons. The van der Waals surface area contributed by atoms with Crippen LogP contribution in [0.25, 0.3) is 26.4 Å². The summed E-state index contributed by atoms with van der Waals surface area (Å²) in [6.07, 6.45) is 0.908. The van der Waals surface area contributed by atoms with Gasteiger partial charge in [0.15, 0.2) is 4.96 Å². The van der Waals surface area contributed by atoms with Crippen molar-refractivity contribution in [2.45, 2.75) is 13.3 Å². The zero-order valence-corrected chi connectivity index (χ0v) is 17.7. The largest absolute Gasteiger partial charge is 0.496 e. The summed E-state index contributed by atoms with van der Waals surface area (Å²) in [5, 5.41) is 3.58. The molecule has 0 atom stereocenters. The van der Waals surface area contributed by atoms with Gasteiger partial charge in [-0.05, 0) is 43.7 Å². The standard InChI is InChI=1S/C22H25N3O3S/c1-4-28-15-10-11-17-19(14-15)29-22-24-20(16-8-5-6-9-18(16)27-3)21(25(17)22)23-12-7-13-26-2/h5-6,8-11,14,23H,4,7,12-13H2,1-3H3. The minimum absolute atomic E-state index is 0.651. The predicted octanol–water partition coefficient (Wildman–Crippen LogP) is 5.07. The number of nitrogens with one attached hydrogen (secondary N) is 1. The Balaban J connectivity index is 1.86. The molecular weight excluding hydrogens is 386 g/mol. The van der Waals surface area contributed by atoms with Gasteiger partial charge in [-0.3, -0.25) is 4.40 Å². The second kappa shape index (κ2) is 8.71. The molecular formula is C22H25N3O3S. The van der Waals surface area contributed by atoms with E-state index in [1.165, 1.54) is 0 Å². The first-order valence-electron chi connectivity index (χ1n) is 9.70. The minimum atomic E-state index is 0.651. The summed E-state index contributed by atoms with van der Waals surface area (Å²) in [5.41, 5.74) is 2.97. The van der Waals surface area contributed by atoms with Crippen LogP contribution >= 0.6 is 11.3 Å². The third-order valence-corrected chi connectivity index (χ3v) is 5.71. The fourth-order valence-corrected chi connectivity index (χ4v) is 4.48. The van der Waals surface area contributed by atoms with Gasteiger partial charge in [0.05, 0.1) is 23.9 Å². The number of imidazole rings is 1. The number of ether oxygens (including phenoxy) is 3. The number of para-hydroxylation sites is 1. The molecule has 29 heavy (non-hydrogen) atoms. The van der Waals surface area contributed by atoms with Crippen LogP contribution in [0.1, 0.15) is 13.3 Å². The molecule has 0 spiro atoms. The van der Waals surface area contributed by atoms with Gasteiger partial charge in [-0.15, -0.1) is 0 Å². The van der Waals surface area contributed by atoms with Crippen LogP contribution in [0.4, 0.5) is 5.82 Å². The van der Waals surface area contributed by atoms with Gasteiger partial charge in [-0.25, -0.2) is 4.98 Å². The van der Waals surface area contributed by atoms with Crippen molar-refractivity contribution >= 4 is 32.3 Å². The Hall–Kier alpha value is -2.77. The highest BCUT2D eigenvalue weighted by Crippen LogP contribution is 2.40. The number of thiazole rings is 1. The normalized spacial score (nSPS) is 11.3. The summed E-state index contributed by atoms with van der Waals surface area (Å²) in [6, 6.07) is 14.2. The van der Waals surface area contributed by atoms with Crippen molar-refractivity contribution in [2.75, 3.05) is 39.3 Å². The molecule has 4 aromatic rings. The lowest BCUT2D eigenvalue weighted by atomic mass is 10.1. The van der Waals surface area contributed by atoms with Gasteiger partial charge in [-0.1, -0.05) is 23.5 Å². The number of fused-ring (bicyclic) bond motifs is 3. The first kappa shape index (κ1) is 19.5. The van der Waals surface area contributed by atoms with E-state index in [0.29, 0.717) is 13.2 Å². The number of rotatable bonds is 9. The van der Waals surface area contributed by atoms with Crippen molar-refractivity contribution < 1.29 is 14.2 Å². The van der Waals surface area contributed by atoms with Gasteiger partial charge < -0.3 is 19.5 Å². The van der Waals surface area contributed by atoms with Crippen LogP contribution < -0.4 is 14.8 Å². The highest BCUT2D eigenvalue weighted by atomic mass is 32.1. The van der Waals surface area contributed by atoms with E-state index in [4.69, 9.17) is 19.2 Å². The van der Waals surface area contributed by atoms with E-state index in [9.17, 15) is 0 Å². The van der Waals surface area contributed by atoms with Gasteiger partial charge in [0, 0.05) is 25.8 Å². The highest BCUT2D eigenvalue weighted by Gasteiger charge is 2.20. The summed E-state index contributed by atoms with van der Waals surface area (Å²) in [5.74, 6) is 2.65. The molecule has 2 aromatic heterocycles. The van der Waals surface area contributed by atoms with E-state index in [1.807, 2.05) is 37.3 Å². The SMILES string of the molecule is CCOc1ccc2c(c1)sc1nc(-c3ccccc3OC)c(NCCCOC)n12. The van der Waals surface area contributed by atoms with E-state index in [2.05, 4.69) is 21.9 Å². The third kappa shape index (κ3) is 3.75. The second-order valence-corrected chi connectivity index (χ2v) is 7.57. The summed E-state index contributed by atoms with van der Waals surface area (Å²) >= 11 is 1.65. The molecule has 0 radical (unpaired) electrons. The van der Waals surface area contributed by atoms with Crippen LogP contribution in [0.2, 0.25) is 0 Å². The van der Waals surface area contributed by atoms with Gasteiger partial charge in [0.1, 0.15) is 23.0 Å². The molecule has 0 bridgehead atoms. The number of hydrogen-bond donors (Lipinski definition) is 1. The number of aromatic nitrogens is 2. The summed E-state index contributed by atoms with van der Waals surface area (Å²) in [4.78, 5) is 5.90. The predicted molar refractivity (Wildman–Crippen MR) is 119 cm³/mol. The molecule has 0 aliphatic heterocycles. The zero-order chi connectivity index (χ0) is 20.2. The maximum atomic E-state index is 5.66. The Kier molecular flexibility index (Phi) is 5.87. The highest BCUT2D eigenvalue weighted by molar-refractivity contribution is 7.23. The molecule has 4 rings (SSSR count). The first-order chi connectivity index (χ1) is 14.3. The number of benzene rings is 2. The van der Waals surface area contributed by atoms with Gasteiger partial charge in [0.25, 0.3) is 0 Å². The molecule has 0 saturated carbocycles. The molecule has 0 amide bonds. The molecule has 0 fully saturated rings. The van der Waals surface area contributed by atoms with Crippen molar-refractivity contribution in [2.24, 2.45) is 0 Å². The molecule has 6 nitrogen and oxygen atoms in total. The molecule has 7 heteroatoms. The van der Waals surface area contributed by atoms with E-state index >= 15 is 0 Å². The molecule has 2 heterocycles. The van der Waals surface area contributed by atoms with Crippen LogP contribution in [-0.2, 0) is 4.74 Å². The first-order valence-corrected chi connectivity index (χ1v) is 10.5. The Morgan fingerprint density at radius 2 is 2.00 bits per heavy atom. The van der Waals surface area contributed by atoms with Gasteiger partial charge in [0.2, 0.25) is 0 Å². The topological polar surface area (TPSA) is 57.0 Å². The zero-order valence-electron chi connectivity index (χ0n) is 16.9. The lowest BCUT2D eigenvalue weighted by Gasteiger charge is -2.11. The third-order valence-electron chi connectivity index (χ3n) is 4.71. The maximum absolute atomic E-state index is 5.66. The van der Waals surface area contributed by atoms with E-state index in [-0.39, 0.29) is 0 Å². The summed E-state index contributed by atoms with van der Waals surface area (Å²) in [7, 11) is 3.41. The van der Waals surface area contributed by atoms with Crippen molar-refractivity contribution in [1.29, 1.82) is 0 Å². The quantitative estimate of drug-likeness (QED) is 0.390.